The summed E-state index contributed by atoms with van der Waals surface area (Å²) in [6.07, 6.45) is 2.57. The largest absolute Gasteiger partial charge is 0.463 e. The van der Waals surface area contributed by atoms with E-state index in [0.717, 1.165) is 19.4 Å². The first-order chi connectivity index (χ1) is 8.49. The third-order valence-electron chi connectivity index (χ3n) is 2.95. The van der Waals surface area contributed by atoms with Gasteiger partial charge in [0.15, 0.2) is 0 Å². The van der Waals surface area contributed by atoms with Gasteiger partial charge in [-0.15, -0.1) is 12.4 Å². The molecule has 6 heteroatoms. The maximum atomic E-state index is 11.6. The second-order valence-electron chi connectivity index (χ2n) is 5.19. The molecule has 0 saturated carbocycles. The van der Waals surface area contributed by atoms with E-state index in [1.165, 1.54) is 0 Å². The fourth-order valence-electron chi connectivity index (χ4n) is 1.93. The molecule has 0 aliphatic carbocycles. The summed E-state index contributed by atoms with van der Waals surface area (Å²) < 4.78 is 5.08. The van der Waals surface area contributed by atoms with E-state index < -0.39 is 0 Å². The number of rotatable bonds is 6. The van der Waals surface area contributed by atoms with Crippen molar-refractivity contribution in [1.82, 2.24) is 10.6 Å². The third-order valence-corrected chi connectivity index (χ3v) is 2.95. The Morgan fingerprint density at radius 3 is 2.58 bits per heavy atom. The van der Waals surface area contributed by atoms with Gasteiger partial charge in [0.05, 0.1) is 12.0 Å². The molecular weight excluding hydrogens is 268 g/mol. The lowest BCUT2D eigenvalue weighted by Crippen LogP contribution is -2.36. The van der Waals surface area contributed by atoms with E-state index in [1.807, 2.05) is 13.8 Å². The molecule has 2 unspecified atom stereocenters. The average molecular weight is 293 g/mol. The number of carbonyl (C=O) groups excluding carboxylic acids is 2. The molecule has 0 aromatic carbocycles. The van der Waals surface area contributed by atoms with Gasteiger partial charge in [0, 0.05) is 19.0 Å². The highest BCUT2D eigenvalue weighted by atomic mass is 35.5. The van der Waals surface area contributed by atoms with Gasteiger partial charge in [0.1, 0.15) is 0 Å². The Morgan fingerprint density at radius 1 is 1.37 bits per heavy atom. The van der Waals surface area contributed by atoms with Gasteiger partial charge in [-0.3, -0.25) is 9.59 Å². The molecule has 1 aliphatic rings. The second kappa shape index (κ2) is 9.15. The Kier molecular flexibility index (Phi) is 8.76. The molecule has 112 valence electrons. The van der Waals surface area contributed by atoms with Crippen molar-refractivity contribution in [3.05, 3.63) is 0 Å². The van der Waals surface area contributed by atoms with Crippen molar-refractivity contribution in [3.8, 4) is 0 Å². The van der Waals surface area contributed by atoms with Crippen LogP contribution in [0.25, 0.3) is 0 Å². The summed E-state index contributed by atoms with van der Waals surface area (Å²) in [4.78, 5) is 23.2. The summed E-state index contributed by atoms with van der Waals surface area (Å²) in [5.74, 6) is -0.559. The molecule has 0 bridgehead atoms. The summed E-state index contributed by atoms with van der Waals surface area (Å²) in [5, 5.41) is 6.06. The first-order valence-corrected chi connectivity index (χ1v) is 6.69. The van der Waals surface area contributed by atoms with Crippen molar-refractivity contribution in [2.45, 2.75) is 52.2 Å². The zero-order valence-corrected chi connectivity index (χ0v) is 12.7. The Bertz CT molecular complexity index is 292. The Labute approximate surface area is 121 Å². The smallest absolute Gasteiger partial charge is 0.310 e. The van der Waals surface area contributed by atoms with Gasteiger partial charge in [-0.2, -0.15) is 0 Å². The molecule has 2 N–H and O–H groups in total. The quantitative estimate of drug-likeness (QED) is 0.723. The van der Waals surface area contributed by atoms with Crippen molar-refractivity contribution in [1.29, 1.82) is 0 Å². The van der Waals surface area contributed by atoms with Crippen molar-refractivity contribution >= 4 is 24.3 Å². The van der Waals surface area contributed by atoms with Crippen LogP contribution in [0.3, 0.4) is 0 Å². The molecule has 19 heavy (non-hydrogen) atoms. The van der Waals surface area contributed by atoms with Crippen LogP contribution in [0.1, 0.15) is 40.0 Å². The van der Waals surface area contributed by atoms with E-state index in [1.54, 1.807) is 6.92 Å². The monoisotopic (exact) mass is 292 g/mol. The van der Waals surface area contributed by atoms with Gasteiger partial charge in [-0.25, -0.2) is 0 Å². The predicted molar refractivity (Wildman–Crippen MR) is 76.3 cm³/mol. The van der Waals surface area contributed by atoms with E-state index in [0.29, 0.717) is 19.0 Å². The van der Waals surface area contributed by atoms with Gasteiger partial charge in [0.2, 0.25) is 5.91 Å². The number of nitrogens with one attached hydrogen (secondary N) is 2. The number of ether oxygens (including phenoxy) is 1. The average Bonchev–Trinajstić information content (AvgIpc) is 2.77. The Morgan fingerprint density at radius 2 is 2.05 bits per heavy atom. The van der Waals surface area contributed by atoms with Crippen LogP contribution in [0, 0.1) is 5.92 Å². The Balaban J connectivity index is 0.00000324. The molecular formula is C13H25ClN2O3. The van der Waals surface area contributed by atoms with Gasteiger partial charge in [0.25, 0.3) is 0 Å². The summed E-state index contributed by atoms with van der Waals surface area (Å²) in [6.45, 7) is 6.73. The summed E-state index contributed by atoms with van der Waals surface area (Å²) in [5.41, 5.74) is 0. The van der Waals surface area contributed by atoms with Crippen molar-refractivity contribution in [2.75, 3.05) is 13.1 Å². The summed E-state index contributed by atoms with van der Waals surface area (Å²) in [7, 11) is 0. The molecule has 0 aromatic rings. The number of esters is 1. The standard InChI is InChI=1S/C13H24N2O3.ClH/c1-9(2)18-13(17)10(3)8-15-12(16)7-11-5-4-6-14-11;/h9-11,14H,4-8H2,1-3H3,(H,15,16);1H. The van der Waals surface area contributed by atoms with E-state index in [2.05, 4.69) is 10.6 Å². The van der Waals surface area contributed by atoms with E-state index in [9.17, 15) is 9.59 Å². The van der Waals surface area contributed by atoms with Crippen LogP contribution in [-0.4, -0.2) is 37.1 Å². The lowest BCUT2D eigenvalue weighted by Gasteiger charge is -2.15. The molecule has 5 nitrogen and oxygen atoms in total. The number of hydrogen-bond acceptors (Lipinski definition) is 4. The molecule has 2 atom stereocenters. The van der Waals surface area contributed by atoms with Crippen LogP contribution in [0.4, 0.5) is 0 Å². The minimum Gasteiger partial charge on any atom is -0.463 e. The zero-order valence-electron chi connectivity index (χ0n) is 11.9. The Hall–Kier alpha value is -0.810. The van der Waals surface area contributed by atoms with Crippen LogP contribution in [-0.2, 0) is 14.3 Å². The van der Waals surface area contributed by atoms with Crippen LogP contribution in [0.5, 0.6) is 0 Å². The van der Waals surface area contributed by atoms with Crippen LogP contribution in [0.15, 0.2) is 0 Å². The minimum absolute atomic E-state index is 0. The van der Waals surface area contributed by atoms with Crippen molar-refractivity contribution < 1.29 is 14.3 Å². The first-order valence-electron chi connectivity index (χ1n) is 6.69. The summed E-state index contributed by atoms with van der Waals surface area (Å²) >= 11 is 0. The number of hydrogen-bond donors (Lipinski definition) is 2. The van der Waals surface area contributed by atoms with Gasteiger partial charge in [-0.05, 0) is 33.2 Å². The SMILES string of the molecule is CC(C)OC(=O)C(C)CNC(=O)CC1CCCN1.Cl. The lowest BCUT2D eigenvalue weighted by atomic mass is 10.1. The van der Waals surface area contributed by atoms with Crippen molar-refractivity contribution in [3.63, 3.8) is 0 Å². The molecule has 0 aromatic heterocycles. The van der Waals surface area contributed by atoms with E-state index in [-0.39, 0.29) is 36.3 Å². The minimum atomic E-state index is -0.298. The maximum absolute atomic E-state index is 11.6. The van der Waals surface area contributed by atoms with E-state index in [4.69, 9.17) is 4.74 Å². The lowest BCUT2D eigenvalue weighted by molar-refractivity contribution is -0.151. The molecule has 1 aliphatic heterocycles. The first kappa shape index (κ1) is 18.2. The molecule has 0 radical (unpaired) electrons. The molecule has 1 saturated heterocycles. The fourth-order valence-corrected chi connectivity index (χ4v) is 1.93. The van der Waals surface area contributed by atoms with Gasteiger partial charge >= 0.3 is 5.97 Å². The fraction of sp³-hybridized carbons (Fsp3) is 0.846. The van der Waals surface area contributed by atoms with Gasteiger partial charge < -0.3 is 15.4 Å². The van der Waals surface area contributed by atoms with Crippen molar-refractivity contribution in [2.24, 2.45) is 5.92 Å². The highest BCUT2D eigenvalue weighted by molar-refractivity contribution is 5.85. The van der Waals surface area contributed by atoms with E-state index >= 15 is 0 Å². The van der Waals surface area contributed by atoms with Crippen LogP contribution in [0.2, 0.25) is 0 Å². The van der Waals surface area contributed by atoms with Crippen LogP contribution < -0.4 is 10.6 Å². The molecule has 0 spiro atoms. The maximum Gasteiger partial charge on any atom is 0.310 e. The number of amides is 1. The highest BCUT2D eigenvalue weighted by Crippen LogP contribution is 2.08. The normalized spacial score (nSPS) is 19.7. The molecule has 1 amide bonds. The van der Waals surface area contributed by atoms with Gasteiger partial charge in [-0.1, -0.05) is 6.92 Å². The third kappa shape index (κ3) is 7.38. The topological polar surface area (TPSA) is 67.4 Å². The number of carbonyl (C=O) groups is 2. The summed E-state index contributed by atoms with van der Waals surface area (Å²) in [6, 6.07) is 0.294. The predicted octanol–water partition coefficient (Wildman–Crippen LogP) is 1.25. The number of halogens is 1. The zero-order chi connectivity index (χ0) is 13.5. The van der Waals surface area contributed by atoms with Crippen LogP contribution >= 0.6 is 12.4 Å². The molecule has 1 rings (SSSR count). The second-order valence-corrected chi connectivity index (χ2v) is 5.19. The molecule has 1 heterocycles. The highest BCUT2D eigenvalue weighted by Gasteiger charge is 2.20. The molecule has 1 fully saturated rings.